The second-order valence-electron chi connectivity index (χ2n) is 4.14. The van der Waals surface area contributed by atoms with Gasteiger partial charge in [-0.2, -0.15) is 0 Å². The van der Waals surface area contributed by atoms with E-state index >= 15 is 0 Å². The Balaban J connectivity index is 2.57. The third kappa shape index (κ3) is 2.66. The molecular weight excluding hydrogens is 164 g/mol. The Morgan fingerprint density at radius 3 is 2.69 bits per heavy atom. The highest BCUT2D eigenvalue weighted by Crippen LogP contribution is 2.16. The fourth-order valence-corrected chi connectivity index (χ4v) is 2.24. The summed E-state index contributed by atoms with van der Waals surface area (Å²) in [5.74, 6) is 0. The predicted molar refractivity (Wildman–Crippen MR) is 55.0 cm³/mol. The summed E-state index contributed by atoms with van der Waals surface area (Å²) in [4.78, 5) is 2.54. The Kier molecular flexibility index (Phi) is 4.16. The van der Waals surface area contributed by atoms with E-state index in [1.165, 1.54) is 0 Å². The number of nitrogens with zero attached hydrogens (tertiary/aromatic N) is 1. The first kappa shape index (κ1) is 11.0. The van der Waals surface area contributed by atoms with Crippen molar-refractivity contribution in [3.63, 3.8) is 0 Å². The third-order valence-corrected chi connectivity index (χ3v) is 2.64. The van der Waals surface area contributed by atoms with E-state index in [9.17, 15) is 0 Å². The minimum Gasteiger partial charge on any atom is -0.378 e. The van der Waals surface area contributed by atoms with Gasteiger partial charge >= 0.3 is 0 Å². The Morgan fingerprint density at radius 2 is 2.15 bits per heavy atom. The molecule has 1 rings (SSSR count). The van der Waals surface area contributed by atoms with E-state index in [-0.39, 0.29) is 0 Å². The molecule has 13 heavy (non-hydrogen) atoms. The lowest BCUT2D eigenvalue weighted by Gasteiger charge is -2.43. The largest absolute Gasteiger partial charge is 0.378 e. The minimum absolute atomic E-state index is 0.536. The molecule has 0 amide bonds. The van der Waals surface area contributed by atoms with E-state index in [2.05, 4.69) is 31.0 Å². The number of morpholine rings is 1. The van der Waals surface area contributed by atoms with Gasteiger partial charge in [0.2, 0.25) is 0 Å². The lowest BCUT2D eigenvalue weighted by atomic mass is 10.1. The van der Waals surface area contributed by atoms with E-state index in [1.807, 2.05) is 7.05 Å². The van der Waals surface area contributed by atoms with Crippen molar-refractivity contribution in [2.24, 2.45) is 0 Å². The summed E-state index contributed by atoms with van der Waals surface area (Å²) in [5, 5.41) is 3.22. The van der Waals surface area contributed by atoms with Crippen molar-refractivity contribution in [3.05, 3.63) is 0 Å². The fourth-order valence-electron chi connectivity index (χ4n) is 2.24. The molecule has 1 N–H and O–H groups in total. The van der Waals surface area contributed by atoms with Gasteiger partial charge in [0.25, 0.3) is 0 Å². The molecule has 78 valence electrons. The van der Waals surface area contributed by atoms with Crippen LogP contribution in [0, 0.1) is 0 Å². The maximum Gasteiger partial charge on any atom is 0.0635 e. The van der Waals surface area contributed by atoms with Crippen molar-refractivity contribution in [1.82, 2.24) is 10.2 Å². The first-order valence-corrected chi connectivity index (χ1v) is 5.16. The maximum atomic E-state index is 5.55. The molecule has 1 saturated heterocycles. The van der Waals surface area contributed by atoms with Gasteiger partial charge in [0.15, 0.2) is 0 Å². The van der Waals surface area contributed by atoms with Crippen LogP contribution in [0.1, 0.15) is 20.8 Å². The molecule has 3 nitrogen and oxygen atoms in total. The predicted octanol–water partition coefficient (Wildman–Crippen LogP) is 0.703. The first-order chi connectivity index (χ1) is 6.16. The molecule has 0 aliphatic carbocycles. The quantitative estimate of drug-likeness (QED) is 0.702. The molecule has 1 aliphatic heterocycles. The van der Waals surface area contributed by atoms with Crippen LogP contribution in [0.15, 0.2) is 0 Å². The van der Waals surface area contributed by atoms with Crippen LogP contribution in [0.2, 0.25) is 0 Å². The molecule has 0 radical (unpaired) electrons. The normalized spacial score (nSPS) is 31.2. The average Bonchev–Trinajstić information content (AvgIpc) is 2.04. The molecule has 0 bridgehead atoms. The summed E-state index contributed by atoms with van der Waals surface area (Å²) in [6, 6.07) is 1.69. The van der Waals surface area contributed by atoms with Crippen LogP contribution in [0.25, 0.3) is 0 Å². The molecule has 0 aromatic rings. The molecule has 2 unspecified atom stereocenters. The summed E-state index contributed by atoms with van der Waals surface area (Å²) in [6.45, 7) is 9.50. The second-order valence-corrected chi connectivity index (χ2v) is 4.14. The summed E-state index contributed by atoms with van der Waals surface area (Å²) in [5.41, 5.74) is 0. The fraction of sp³-hybridized carbons (Fsp3) is 1.00. The van der Waals surface area contributed by atoms with Gasteiger partial charge in [0, 0.05) is 24.7 Å². The monoisotopic (exact) mass is 186 g/mol. The van der Waals surface area contributed by atoms with E-state index in [0.29, 0.717) is 18.1 Å². The molecule has 0 spiro atoms. The average molecular weight is 186 g/mol. The summed E-state index contributed by atoms with van der Waals surface area (Å²) < 4.78 is 5.55. The molecule has 2 atom stereocenters. The van der Waals surface area contributed by atoms with E-state index in [4.69, 9.17) is 4.74 Å². The van der Waals surface area contributed by atoms with Crippen molar-refractivity contribution in [3.8, 4) is 0 Å². The summed E-state index contributed by atoms with van der Waals surface area (Å²) >= 11 is 0. The highest BCUT2D eigenvalue weighted by atomic mass is 16.5. The van der Waals surface area contributed by atoms with E-state index in [0.717, 1.165) is 19.8 Å². The van der Waals surface area contributed by atoms with Crippen LogP contribution in [-0.2, 0) is 4.74 Å². The molecule has 1 aliphatic rings. The van der Waals surface area contributed by atoms with Gasteiger partial charge in [0.05, 0.1) is 13.2 Å². The van der Waals surface area contributed by atoms with E-state index < -0.39 is 0 Å². The zero-order chi connectivity index (χ0) is 9.84. The lowest BCUT2D eigenvalue weighted by Crippen LogP contribution is -2.56. The van der Waals surface area contributed by atoms with Gasteiger partial charge in [-0.25, -0.2) is 0 Å². The van der Waals surface area contributed by atoms with Crippen molar-refractivity contribution in [1.29, 1.82) is 0 Å². The van der Waals surface area contributed by atoms with Gasteiger partial charge in [-0.1, -0.05) is 0 Å². The Morgan fingerprint density at radius 1 is 1.46 bits per heavy atom. The molecule has 3 heteroatoms. The first-order valence-electron chi connectivity index (χ1n) is 5.16. The van der Waals surface area contributed by atoms with Crippen molar-refractivity contribution < 1.29 is 4.74 Å². The Labute approximate surface area is 81.4 Å². The van der Waals surface area contributed by atoms with Gasteiger partial charge in [0.1, 0.15) is 0 Å². The SMILES string of the molecule is CNCC1COCC(C)N1C(C)C. The van der Waals surface area contributed by atoms with Crippen molar-refractivity contribution in [2.45, 2.75) is 38.9 Å². The lowest BCUT2D eigenvalue weighted by molar-refractivity contribution is -0.0564. The van der Waals surface area contributed by atoms with Crippen LogP contribution in [-0.4, -0.2) is 49.8 Å². The Hall–Kier alpha value is -0.120. The van der Waals surface area contributed by atoms with Crippen LogP contribution in [0.3, 0.4) is 0 Å². The summed E-state index contributed by atoms with van der Waals surface area (Å²) in [6.07, 6.45) is 0. The second kappa shape index (κ2) is 4.94. The topological polar surface area (TPSA) is 24.5 Å². The number of likely N-dealkylation sites (N-methyl/N-ethyl adjacent to an activating group) is 1. The van der Waals surface area contributed by atoms with Crippen LogP contribution in [0.4, 0.5) is 0 Å². The number of hydrogen-bond donors (Lipinski definition) is 1. The van der Waals surface area contributed by atoms with Crippen LogP contribution < -0.4 is 5.32 Å². The zero-order valence-corrected chi connectivity index (χ0v) is 9.21. The highest BCUT2D eigenvalue weighted by molar-refractivity contribution is 4.84. The molecule has 0 aromatic heterocycles. The molecule has 1 heterocycles. The van der Waals surface area contributed by atoms with Crippen LogP contribution >= 0.6 is 0 Å². The zero-order valence-electron chi connectivity index (χ0n) is 9.21. The number of rotatable bonds is 3. The maximum absolute atomic E-state index is 5.55. The smallest absolute Gasteiger partial charge is 0.0635 e. The third-order valence-electron chi connectivity index (χ3n) is 2.64. The number of hydrogen-bond acceptors (Lipinski definition) is 3. The van der Waals surface area contributed by atoms with E-state index in [1.54, 1.807) is 0 Å². The molecule has 0 aromatic carbocycles. The number of ether oxygens (including phenoxy) is 1. The van der Waals surface area contributed by atoms with Gasteiger partial charge in [-0.15, -0.1) is 0 Å². The summed E-state index contributed by atoms with van der Waals surface area (Å²) in [7, 11) is 2.00. The molecule has 1 fully saturated rings. The Bertz CT molecular complexity index is 148. The molecular formula is C10H22N2O. The van der Waals surface area contributed by atoms with Gasteiger partial charge in [-0.3, -0.25) is 4.90 Å². The molecule has 0 saturated carbocycles. The van der Waals surface area contributed by atoms with Crippen molar-refractivity contribution >= 4 is 0 Å². The van der Waals surface area contributed by atoms with Gasteiger partial charge in [-0.05, 0) is 27.8 Å². The van der Waals surface area contributed by atoms with Crippen molar-refractivity contribution in [2.75, 3.05) is 26.8 Å². The minimum atomic E-state index is 0.536. The van der Waals surface area contributed by atoms with Crippen LogP contribution in [0.5, 0.6) is 0 Å². The highest BCUT2D eigenvalue weighted by Gasteiger charge is 2.29. The number of nitrogens with one attached hydrogen (secondary N) is 1. The standard InChI is InChI=1S/C10H22N2O/c1-8(2)12-9(3)6-13-7-10(12)5-11-4/h8-11H,5-7H2,1-4H3. The van der Waals surface area contributed by atoms with Gasteiger partial charge < -0.3 is 10.1 Å².